The maximum absolute atomic E-state index is 4.01. The minimum absolute atomic E-state index is 0.438. The Morgan fingerprint density at radius 2 is 0.655 bits per heavy atom. The first-order valence-corrected chi connectivity index (χ1v) is 14.0. The molecule has 0 heterocycles. The van der Waals surface area contributed by atoms with E-state index in [1.54, 1.807) is 0 Å². The molecule has 0 saturated heterocycles. The first-order chi connectivity index (χ1) is 14.2. The standard InChI is InChI=1S/C28H59N/c1-5-9-12-15-18-21-24-27-28(29-8-4,25-22-19-16-13-10-6-2)26-23-20-17-14-11-7-3/h29H,5-27H2,1-4H3. The maximum atomic E-state index is 4.01. The Kier molecular flexibility index (Phi) is 22.6. The van der Waals surface area contributed by atoms with Gasteiger partial charge in [0.15, 0.2) is 0 Å². The van der Waals surface area contributed by atoms with Gasteiger partial charge in [-0.15, -0.1) is 0 Å². The van der Waals surface area contributed by atoms with Gasteiger partial charge in [0.1, 0.15) is 0 Å². The van der Waals surface area contributed by atoms with Crippen molar-refractivity contribution in [2.45, 2.75) is 174 Å². The molecule has 0 fully saturated rings. The van der Waals surface area contributed by atoms with Crippen molar-refractivity contribution < 1.29 is 0 Å². The summed E-state index contributed by atoms with van der Waals surface area (Å²) >= 11 is 0. The second-order valence-corrected chi connectivity index (χ2v) is 9.72. The Hall–Kier alpha value is -0.0400. The van der Waals surface area contributed by atoms with Crippen molar-refractivity contribution in [3.63, 3.8) is 0 Å². The molecule has 0 radical (unpaired) electrons. The van der Waals surface area contributed by atoms with Gasteiger partial charge in [0.05, 0.1) is 0 Å². The molecular formula is C28H59N. The highest BCUT2D eigenvalue weighted by Gasteiger charge is 2.27. The van der Waals surface area contributed by atoms with Gasteiger partial charge in [-0.1, -0.05) is 150 Å². The van der Waals surface area contributed by atoms with E-state index in [0.717, 1.165) is 6.54 Å². The molecule has 0 aromatic rings. The van der Waals surface area contributed by atoms with Crippen molar-refractivity contribution in [3.8, 4) is 0 Å². The Morgan fingerprint density at radius 3 is 0.931 bits per heavy atom. The van der Waals surface area contributed by atoms with Crippen LogP contribution in [-0.4, -0.2) is 12.1 Å². The summed E-state index contributed by atoms with van der Waals surface area (Å²) in [7, 11) is 0. The van der Waals surface area contributed by atoms with E-state index in [2.05, 4.69) is 33.0 Å². The third-order valence-corrected chi connectivity index (χ3v) is 6.83. The summed E-state index contributed by atoms with van der Waals surface area (Å²) in [5, 5.41) is 4.01. The Bertz CT molecular complexity index is 283. The van der Waals surface area contributed by atoms with Crippen LogP contribution in [0.15, 0.2) is 0 Å². The van der Waals surface area contributed by atoms with Gasteiger partial charge in [0.25, 0.3) is 0 Å². The van der Waals surface area contributed by atoms with Gasteiger partial charge in [0.2, 0.25) is 0 Å². The minimum Gasteiger partial charge on any atom is -0.312 e. The maximum Gasteiger partial charge on any atom is 0.0181 e. The predicted molar refractivity (Wildman–Crippen MR) is 135 cm³/mol. The quantitative estimate of drug-likeness (QED) is 0.156. The molecule has 0 aromatic carbocycles. The Balaban J connectivity index is 4.39. The fraction of sp³-hybridized carbons (Fsp3) is 1.00. The smallest absolute Gasteiger partial charge is 0.0181 e. The van der Waals surface area contributed by atoms with Crippen LogP contribution in [0.25, 0.3) is 0 Å². The summed E-state index contributed by atoms with van der Waals surface area (Å²) in [6.07, 6.45) is 31.4. The predicted octanol–water partition coefficient (Wildman–Crippen LogP) is 9.98. The van der Waals surface area contributed by atoms with Gasteiger partial charge in [-0.3, -0.25) is 0 Å². The van der Waals surface area contributed by atoms with E-state index in [1.807, 2.05) is 0 Å². The number of hydrogen-bond acceptors (Lipinski definition) is 1. The molecule has 0 rings (SSSR count). The van der Waals surface area contributed by atoms with E-state index < -0.39 is 0 Å². The molecular weight excluding hydrogens is 350 g/mol. The van der Waals surface area contributed by atoms with E-state index in [-0.39, 0.29) is 0 Å². The molecule has 0 saturated carbocycles. The zero-order valence-electron chi connectivity index (χ0n) is 21.3. The summed E-state index contributed by atoms with van der Waals surface area (Å²) in [6.45, 7) is 10.4. The van der Waals surface area contributed by atoms with Crippen molar-refractivity contribution in [2.75, 3.05) is 6.54 Å². The van der Waals surface area contributed by atoms with Crippen molar-refractivity contribution >= 4 is 0 Å². The van der Waals surface area contributed by atoms with E-state index in [9.17, 15) is 0 Å². The lowest BCUT2D eigenvalue weighted by atomic mass is 9.81. The highest BCUT2D eigenvalue weighted by Crippen LogP contribution is 2.29. The van der Waals surface area contributed by atoms with Crippen LogP contribution in [0.4, 0.5) is 0 Å². The molecule has 0 bridgehead atoms. The van der Waals surface area contributed by atoms with Crippen molar-refractivity contribution in [3.05, 3.63) is 0 Å². The first kappa shape index (κ1) is 29.0. The number of hydrogen-bond donors (Lipinski definition) is 1. The third-order valence-electron chi connectivity index (χ3n) is 6.83. The second kappa shape index (κ2) is 22.6. The molecule has 1 heteroatoms. The summed E-state index contributed by atoms with van der Waals surface area (Å²) in [5.74, 6) is 0. The van der Waals surface area contributed by atoms with Gasteiger partial charge < -0.3 is 5.32 Å². The average molecular weight is 410 g/mol. The molecule has 0 aliphatic heterocycles. The van der Waals surface area contributed by atoms with Gasteiger partial charge >= 0.3 is 0 Å². The van der Waals surface area contributed by atoms with Crippen LogP contribution < -0.4 is 5.32 Å². The molecule has 29 heavy (non-hydrogen) atoms. The van der Waals surface area contributed by atoms with Crippen LogP contribution >= 0.6 is 0 Å². The van der Waals surface area contributed by atoms with Gasteiger partial charge in [-0.2, -0.15) is 0 Å². The van der Waals surface area contributed by atoms with Crippen molar-refractivity contribution in [1.29, 1.82) is 0 Å². The Labute approximate surface area is 186 Å². The molecule has 1 N–H and O–H groups in total. The zero-order chi connectivity index (χ0) is 21.5. The summed E-state index contributed by atoms with van der Waals surface area (Å²) in [6, 6.07) is 0. The molecule has 0 atom stereocenters. The highest BCUT2D eigenvalue weighted by molar-refractivity contribution is 4.87. The average Bonchev–Trinajstić information content (AvgIpc) is 2.72. The molecule has 0 unspecified atom stereocenters. The molecule has 0 amide bonds. The number of rotatable bonds is 24. The SMILES string of the molecule is CCCCCCCCCC(CCCCCCCC)(CCCCCCCC)NCC. The lowest BCUT2D eigenvalue weighted by Crippen LogP contribution is -2.45. The van der Waals surface area contributed by atoms with Crippen LogP contribution in [0.5, 0.6) is 0 Å². The van der Waals surface area contributed by atoms with Gasteiger partial charge in [-0.25, -0.2) is 0 Å². The first-order valence-electron chi connectivity index (χ1n) is 14.0. The fourth-order valence-electron chi connectivity index (χ4n) is 4.92. The van der Waals surface area contributed by atoms with Crippen LogP contribution in [0, 0.1) is 0 Å². The summed E-state index contributed by atoms with van der Waals surface area (Å²) in [4.78, 5) is 0. The van der Waals surface area contributed by atoms with E-state index in [0.29, 0.717) is 5.54 Å². The topological polar surface area (TPSA) is 12.0 Å². The fourth-order valence-corrected chi connectivity index (χ4v) is 4.92. The van der Waals surface area contributed by atoms with E-state index >= 15 is 0 Å². The van der Waals surface area contributed by atoms with E-state index in [1.165, 1.54) is 141 Å². The number of nitrogens with one attached hydrogen (secondary N) is 1. The Morgan fingerprint density at radius 1 is 0.379 bits per heavy atom. The molecule has 0 aliphatic rings. The summed E-state index contributed by atoms with van der Waals surface area (Å²) < 4.78 is 0. The van der Waals surface area contributed by atoms with Crippen LogP contribution in [0.2, 0.25) is 0 Å². The monoisotopic (exact) mass is 409 g/mol. The van der Waals surface area contributed by atoms with E-state index in [4.69, 9.17) is 0 Å². The molecule has 0 aliphatic carbocycles. The molecule has 176 valence electrons. The van der Waals surface area contributed by atoms with Crippen LogP contribution in [0.1, 0.15) is 169 Å². The molecule has 0 spiro atoms. The largest absolute Gasteiger partial charge is 0.312 e. The molecule has 0 aromatic heterocycles. The third kappa shape index (κ3) is 18.4. The number of unbranched alkanes of at least 4 members (excludes halogenated alkanes) is 16. The minimum atomic E-state index is 0.438. The second-order valence-electron chi connectivity index (χ2n) is 9.72. The normalized spacial score (nSPS) is 12.0. The van der Waals surface area contributed by atoms with Gasteiger partial charge in [0, 0.05) is 5.54 Å². The van der Waals surface area contributed by atoms with Crippen molar-refractivity contribution in [2.24, 2.45) is 0 Å². The zero-order valence-corrected chi connectivity index (χ0v) is 21.3. The lowest BCUT2D eigenvalue weighted by molar-refractivity contribution is 0.240. The molecule has 1 nitrogen and oxygen atoms in total. The van der Waals surface area contributed by atoms with Crippen LogP contribution in [0.3, 0.4) is 0 Å². The van der Waals surface area contributed by atoms with Crippen molar-refractivity contribution in [1.82, 2.24) is 5.32 Å². The summed E-state index contributed by atoms with van der Waals surface area (Å²) in [5.41, 5.74) is 0.438. The van der Waals surface area contributed by atoms with Gasteiger partial charge in [-0.05, 0) is 25.8 Å². The highest BCUT2D eigenvalue weighted by atomic mass is 15.0. The lowest BCUT2D eigenvalue weighted by Gasteiger charge is -2.36. The van der Waals surface area contributed by atoms with Crippen LogP contribution in [-0.2, 0) is 0 Å².